The number of rotatable bonds is 11. The van der Waals surface area contributed by atoms with Crippen molar-refractivity contribution >= 4 is 5.91 Å². The van der Waals surface area contributed by atoms with E-state index in [0.29, 0.717) is 17.9 Å². The molecule has 3 rings (SSSR count). The topological polar surface area (TPSA) is 81.8 Å². The molecule has 5 heteroatoms. The first kappa shape index (κ1) is 28.3. The number of carbonyl (C=O) groups is 1. The molecule has 0 saturated heterocycles. The van der Waals surface area contributed by atoms with Crippen molar-refractivity contribution < 1.29 is 19.4 Å². The molecular formula is C32H41NO4. The molecule has 37 heavy (non-hydrogen) atoms. The van der Waals surface area contributed by atoms with Crippen molar-refractivity contribution in [2.45, 2.75) is 72.5 Å². The van der Waals surface area contributed by atoms with Gasteiger partial charge in [-0.05, 0) is 65.6 Å². The van der Waals surface area contributed by atoms with E-state index in [0.717, 1.165) is 40.8 Å². The number of hydrogen-bond donors (Lipinski definition) is 2. The molecule has 198 valence electrons. The Morgan fingerprint density at radius 1 is 0.892 bits per heavy atom. The van der Waals surface area contributed by atoms with Gasteiger partial charge < -0.3 is 20.3 Å². The predicted molar refractivity (Wildman–Crippen MR) is 149 cm³/mol. The Labute approximate surface area is 221 Å². The zero-order valence-electron chi connectivity index (χ0n) is 23.0. The van der Waals surface area contributed by atoms with Crippen molar-refractivity contribution in [2.75, 3.05) is 6.61 Å². The molecule has 0 bridgehead atoms. The van der Waals surface area contributed by atoms with E-state index < -0.39 is 12.0 Å². The fourth-order valence-electron chi connectivity index (χ4n) is 4.64. The molecule has 0 aliphatic rings. The quantitative estimate of drug-likeness (QED) is 0.310. The number of aliphatic hydroxyl groups is 1. The van der Waals surface area contributed by atoms with Gasteiger partial charge in [-0.25, -0.2) is 0 Å². The van der Waals surface area contributed by atoms with Gasteiger partial charge in [-0.1, -0.05) is 83.1 Å². The van der Waals surface area contributed by atoms with Gasteiger partial charge in [0.15, 0.2) is 0 Å². The highest BCUT2D eigenvalue weighted by atomic mass is 16.5. The molecule has 0 heterocycles. The van der Waals surface area contributed by atoms with Gasteiger partial charge in [-0.3, -0.25) is 4.79 Å². The molecule has 0 radical (unpaired) electrons. The fourth-order valence-corrected chi connectivity index (χ4v) is 4.64. The highest BCUT2D eigenvalue weighted by Gasteiger charge is 2.32. The first-order valence-electron chi connectivity index (χ1n) is 13.0. The molecule has 3 N–H and O–H groups in total. The minimum atomic E-state index is -0.563. The van der Waals surface area contributed by atoms with Crippen molar-refractivity contribution in [2.24, 2.45) is 11.1 Å². The van der Waals surface area contributed by atoms with Gasteiger partial charge in [-0.2, -0.15) is 0 Å². The number of hydrogen-bond acceptors (Lipinski definition) is 4. The van der Waals surface area contributed by atoms with Crippen LogP contribution in [0.15, 0.2) is 66.7 Å². The summed E-state index contributed by atoms with van der Waals surface area (Å²) < 4.78 is 12.0. The normalized spacial score (nSPS) is 12.7. The summed E-state index contributed by atoms with van der Waals surface area (Å²) in [7, 11) is 0. The van der Waals surface area contributed by atoms with E-state index in [-0.39, 0.29) is 17.4 Å². The maximum Gasteiger partial charge on any atom is 0.252 e. The SMILES string of the molecule is CCC(CC)(c1ccc(OCC(O)C(C)(C)C)c(C)c1)c1ccc(OCc2ccccc2)c(C(N)=O)c1. The lowest BCUT2D eigenvalue weighted by Gasteiger charge is -2.34. The van der Waals surface area contributed by atoms with Gasteiger partial charge in [0.1, 0.15) is 24.7 Å². The van der Waals surface area contributed by atoms with Crippen LogP contribution in [-0.2, 0) is 12.0 Å². The molecule has 0 aromatic heterocycles. The van der Waals surface area contributed by atoms with Gasteiger partial charge in [0.2, 0.25) is 0 Å². The van der Waals surface area contributed by atoms with Crippen molar-refractivity contribution in [3.63, 3.8) is 0 Å². The monoisotopic (exact) mass is 503 g/mol. The summed E-state index contributed by atoms with van der Waals surface area (Å²) in [6.07, 6.45) is 1.12. The van der Waals surface area contributed by atoms with Gasteiger partial charge in [-0.15, -0.1) is 0 Å². The van der Waals surface area contributed by atoms with Crippen LogP contribution in [0.1, 0.15) is 80.1 Å². The fraction of sp³-hybridized carbons (Fsp3) is 0.406. The second-order valence-corrected chi connectivity index (χ2v) is 10.8. The highest BCUT2D eigenvalue weighted by Crippen LogP contribution is 2.41. The lowest BCUT2D eigenvalue weighted by Crippen LogP contribution is -2.32. The largest absolute Gasteiger partial charge is 0.491 e. The summed E-state index contributed by atoms with van der Waals surface area (Å²) >= 11 is 0. The van der Waals surface area contributed by atoms with E-state index in [1.807, 2.05) is 82.3 Å². The number of aryl methyl sites for hydroxylation is 1. The minimum absolute atomic E-state index is 0.239. The van der Waals surface area contributed by atoms with Gasteiger partial charge in [0, 0.05) is 5.41 Å². The van der Waals surface area contributed by atoms with Crippen molar-refractivity contribution in [3.8, 4) is 11.5 Å². The van der Waals surface area contributed by atoms with Crippen LogP contribution >= 0.6 is 0 Å². The molecule has 5 nitrogen and oxygen atoms in total. The Morgan fingerprint density at radius 2 is 1.49 bits per heavy atom. The average Bonchev–Trinajstić information content (AvgIpc) is 2.88. The summed E-state index contributed by atoms with van der Waals surface area (Å²) in [4.78, 5) is 12.4. The molecule has 3 aromatic carbocycles. The molecule has 1 atom stereocenters. The second kappa shape index (κ2) is 11.8. The van der Waals surface area contributed by atoms with Crippen molar-refractivity contribution in [3.05, 3.63) is 94.5 Å². The van der Waals surface area contributed by atoms with Crippen LogP contribution in [0.3, 0.4) is 0 Å². The second-order valence-electron chi connectivity index (χ2n) is 10.8. The average molecular weight is 504 g/mol. The van der Waals surface area contributed by atoms with Gasteiger partial charge in [0.05, 0.1) is 11.7 Å². The third-order valence-corrected chi connectivity index (χ3v) is 7.37. The highest BCUT2D eigenvalue weighted by molar-refractivity contribution is 5.96. The van der Waals surface area contributed by atoms with Crippen molar-refractivity contribution in [1.29, 1.82) is 0 Å². The van der Waals surface area contributed by atoms with E-state index in [2.05, 4.69) is 26.0 Å². The van der Waals surface area contributed by atoms with E-state index in [1.165, 1.54) is 0 Å². The van der Waals surface area contributed by atoms with E-state index in [9.17, 15) is 9.90 Å². The Kier molecular flexibility index (Phi) is 9.03. The summed E-state index contributed by atoms with van der Waals surface area (Å²) in [5.41, 5.74) is 9.81. The van der Waals surface area contributed by atoms with Crippen LogP contribution in [0.25, 0.3) is 0 Å². The maximum atomic E-state index is 12.4. The first-order chi connectivity index (χ1) is 17.5. The molecule has 0 aliphatic carbocycles. The third kappa shape index (κ3) is 6.53. The van der Waals surface area contributed by atoms with Crippen LogP contribution in [0.2, 0.25) is 0 Å². The number of amides is 1. The lowest BCUT2D eigenvalue weighted by atomic mass is 9.70. The number of nitrogens with two attached hydrogens (primary N) is 1. The Bertz CT molecular complexity index is 1190. The summed E-state index contributed by atoms with van der Waals surface area (Å²) in [5, 5.41) is 10.4. The molecule has 0 aliphatic heterocycles. The van der Waals surface area contributed by atoms with Crippen LogP contribution in [0.5, 0.6) is 11.5 Å². The molecule has 3 aromatic rings. The smallest absolute Gasteiger partial charge is 0.252 e. The third-order valence-electron chi connectivity index (χ3n) is 7.37. The molecule has 1 amide bonds. The van der Waals surface area contributed by atoms with Crippen LogP contribution in [-0.4, -0.2) is 23.7 Å². The van der Waals surface area contributed by atoms with Gasteiger partial charge >= 0.3 is 0 Å². The summed E-state index contributed by atoms with van der Waals surface area (Å²) in [5.74, 6) is 0.734. The molecule has 0 fully saturated rings. The predicted octanol–water partition coefficient (Wildman–Crippen LogP) is 6.56. The van der Waals surface area contributed by atoms with Crippen molar-refractivity contribution in [1.82, 2.24) is 0 Å². The minimum Gasteiger partial charge on any atom is -0.491 e. The number of aliphatic hydroxyl groups excluding tert-OH is 1. The van der Waals surface area contributed by atoms with E-state index in [4.69, 9.17) is 15.2 Å². The maximum absolute atomic E-state index is 12.4. The number of ether oxygens (including phenoxy) is 2. The Morgan fingerprint density at radius 3 is 2.03 bits per heavy atom. The Hall–Kier alpha value is -3.31. The molecule has 0 spiro atoms. The number of benzene rings is 3. The van der Waals surface area contributed by atoms with E-state index in [1.54, 1.807) is 0 Å². The zero-order valence-corrected chi connectivity index (χ0v) is 23.0. The molecule has 1 unspecified atom stereocenters. The van der Waals surface area contributed by atoms with E-state index >= 15 is 0 Å². The van der Waals surface area contributed by atoms with Crippen LogP contribution in [0.4, 0.5) is 0 Å². The lowest BCUT2D eigenvalue weighted by molar-refractivity contribution is 0.0216. The molecular weight excluding hydrogens is 462 g/mol. The van der Waals surface area contributed by atoms with Crippen LogP contribution in [0, 0.1) is 12.3 Å². The standard InChI is InChI=1S/C32H41NO4/c1-7-32(8-2,24-14-16-27(22(3)18-24)37-21-29(34)31(4,5)6)25-15-17-28(26(19-25)30(33)35)36-20-23-12-10-9-11-13-23/h9-19,29,34H,7-8,20-21H2,1-6H3,(H2,33,35). The summed E-state index contributed by atoms with van der Waals surface area (Å²) in [6, 6.07) is 21.8. The molecule has 0 saturated carbocycles. The van der Waals surface area contributed by atoms with Crippen LogP contribution < -0.4 is 15.2 Å². The van der Waals surface area contributed by atoms with Gasteiger partial charge in [0.25, 0.3) is 5.91 Å². The Balaban J connectivity index is 1.92. The first-order valence-corrected chi connectivity index (χ1v) is 13.0. The number of primary amides is 1. The zero-order chi connectivity index (χ0) is 27.2. The summed E-state index contributed by atoms with van der Waals surface area (Å²) in [6.45, 7) is 12.9. The number of carbonyl (C=O) groups excluding carboxylic acids is 1.